The molecule has 0 radical (unpaired) electrons. The number of nitrogens with zero attached hydrogens (tertiary/aromatic N) is 5. The molecule has 0 aliphatic carbocycles. The van der Waals surface area contributed by atoms with Gasteiger partial charge >= 0.3 is 0 Å². The summed E-state index contributed by atoms with van der Waals surface area (Å²) in [6.07, 6.45) is 6.77. The van der Waals surface area contributed by atoms with Crippen LogP contribution in [0, 0.1) is 0 Å². The van der Waals surface area contributed by atoms with Crippen LogP contribution in [0.4, 0.5) is 0 Å². The molecule has 7 nitrogen and oxygen atoms in total. The molecule has 0 saturated carbocycles. The molecule has 0 aliphatic rings. The van der Waals surface area contributed by atoms with E-state index >= 15 is 0 Å². The van der Waals surface area contributed by atoms with Gasteiger partial charge in [-0.2, -0.15) is 10.2 Å². The van der Waals surface area contributed by atoms with Crippen LogP contribution in [-0.2, 0) is 13.1 Å². The van der Waals surface area contributed by atoms with Crippen molar-refractivity contribution in [2.24, 2.45) is 0 Å². The highest BCUT2D eigenvalue weighted by Gasteiger charge is 2.09. The van der Waals surface area contributed by atoms with Crippen LogP contribution in [-0.4, -0.2) is 30.5 Å². The predicted molar refractivity (Wildman–Crippen MR) is 108 cm³/mol. The van der Waals surface area contributed by atoms with Crippen LogP contribution in [0.15, 0.2) is 78.1 Å². The molecular formula is C20H17BrN6O. The Bertz CT molecular complexity index is 1070. The summed E-state index contributed by atoms with van der Waals surface area (Å²) in [4.78, 5) is 16.5. The molecule has 140 valence electrons. The van der Waals surface area contributed by atoms with Gasteiger partial charge in [0.25, 0.3) is 5.91 Å². The van der Waals surface area contributed by atoms with Gasteiger partial charge in [0.05, 0.1) is 22.9 Å². The Balaban J connectivity index is 1.42. The topological polar surface area (TPSA) is 77.6 Å². The van der Waals surface area contributed by atoms with E-state index in [0.717, 1.165) is 21.3 Å². The van der Waals surface area contributed by atoms with E-state index in [-0.39, 0.29) is 5.91 Å². The largest absolute Gasteiger partial charge is 0.348 e. The summed E-state index contributed by atoms with van der Waals surface area (Å²) in [5, 5.41) is 11.4. The van der Waals surface area contributed by atoms with E-state index in [0.29, 0.717) is 18.7 Å². The monoisotopic (exact) mass is 436 g/mol. The summed E-state index contributed by atoms with van der Waals surface area (Å²) in [6.45, 7) is 1.05. The molecule has 0 aliphatic heterocycles. The molecule has 4 aromatic rings. The Kier molecular flexibility index (Phi) is 5.29. The van der Waals surface area contributed by atoms with Crippen LogP contribution in [0.2, 0.25) is 0 Å². The average molecular weight is 437 g/mol. The first-order chi connectivity index (χ1) is 13.7. The molecule has 8 heteroatoms. The van der Waals surface area contributed by atoms with Crippen molar-refractivity contribution < 1.29 is 4.79 Å². The number of carbonyl (C=O) groups excluding carboxylic acids is 1. The lowest BCUT2D eigenvalue weighted by Crippen LogP contribution is -2.23. The molecule has 28 heavy (non-hydrogen) atoms. The third kappa shape index (κ3) is 4.17. The van der Waals surface area contributed by atoms with E-state index in [2.05, 4.69) is 36.4 Å². The van der Waals surface area contributed by atoms with Crippen LogP contribution < -0.4 is 5.32 Å². The fraction of sp³-hybridized carbons (Fsp3) is 0.100. The number of carbonyl (C=O) groups is 1. The van der Waals surface area contributed by atoms with Gasteiger partial charge in [0.2, 0.25) is 0 Å². The zero-order valence-electron chi connectivity index (χ0n) is 14.9. The van der Waals surface area contributed by atoms with Gasteiger partial charge in [0.15, 0.2) is 0 Å². The van der Waals surface area contributed by atoms with Crippen molar-refractivity contribution in [2.75, 3.05) is 0 Å². The van der Waals surface area contributed by atoms with E-state index in [1.165, 1.54) is 6.33 Å². The maximum atomic E-state index is 12.5. The molecule has 0 unspecified atom stereocenters. The fourth-order valence-electron chi connectivity index (χ4n) is 2.86. The second-order valence-corrected chi connectivity index (χ2v) is 7.11. The van der Waals surface area contributed by atoms with Crippen LogP contribution in [0.5, 0.6) is 0 Å². The van der Waals surface area contributed by atoms with E-state index in [1.54, 1.807) is 34.0 Å². The number of hydrogen-bond donors (Lipinski definition) is 1. The van der Waals surface area contributed by atoms with Crippen molar-refractivity contribution in [1.29, 1.82) is 0 Å². The van der Waals surface area contributed by atoms with Crippen molar-refractivity contribution in [3.05, 3.63) is 94.7 Å². The average Bonchev–Trinajstić information content (AvgIpc) is 3.39. The summed E-state index contributed by atoms with van der Waals surface area (Å²) in [5.41, 5.74) is 3.63. The number of nitrogens with one attached hydrogen (secondary N) is 1. The Morgan fingerprint density at radius 3 is 2.50 bits per heavy atom. The smallest absolute Gasteiger partial charge is 0.251 e. The predicted octanol–water partition coefficient (Wildman–Crippen LogP) is 3.20. The second-order valence-electron chi connectivity index (χ2n) is 6.19. The van der Waals surface area contributed by atoms with Crippen molar-refractivity contribution in [3.63, 3.8) is 0 Å². The van der Waals surface area contributed by atoms with Gasteiger partial charge in [0.1, 0.15) is 12.7 Å². The summed E-state index contributed by atoms with van der Waals surface area (Å²) >= 11 is 3.38. The summed E-state index contributed by atoms with van der Waals surface area (Å²) in [6, 6.07) is 15.3. The maximum Gasteiger partial charge on any atom is 0.251 e. The zero-order chi connectivity index (χ0) is 19.3. The van der Waals surface area contributed by atoms with E-state index in [1.807, 2.05) is 42.6 Å². The quantitative estimate of drug-likeness (QED) is 0.503. The molecule has 1 amide bonds. The highest BCUT2D eigenvalue weighted by Crippen LogP contribution is 2.14. The number of hydrogen-bond acceptors (Lipinski definition) is 4. The normalized spacial score (nSPS) is 10.8. The number of rotatable bonds is 6. The van der Waals surface area contributed by atoms with Gasteiger partial charge in [0, 0.05) is 18.3 Å². The minimum atomic E-state index is -0.122. The molecule has 2 aromatic carbocycles. The summed E-state index contributed by atoms with van der Waals surface area (Å²) in [7, 11) is 0. The molecule has 0 bridgehead atoms. The molecular weight excluding hydrogens is 420 g/mol. The highest BCUT2D eigenvalue weighted by molar-refractivity contribution is 9.10. The molecule has 0 saturated heterocycles. The molecule has 0 spiro atoms. The van der Waals surface area contributed by atoms with E-state index < -0.39 is 0 Å². The van der Waals surface area contributed by atoms with Crippen LogP contribution in [0.1, 0.15) is 21.5 Å². The fourth-order valence-corrected chi connectivity index (χ4v) is 3.14. The van der Waals surface area contributed by atoms with Crippen molar-refractivity contribution in [3.8, 4) is 5.69 Å². The molecule has 0 fully saturated rings. The van der Waals surface area contributed by atoms with E-state index in [4.69, 9.17) is 0 Å². The minimum absolute atomic E-state index is 0.122. The standard InChI is InChI=1S/C20H17BrN6O/c21-18-10-24-27(12-18)19-7-5-15(6-8-19)20(28)23-9-16-3-1-2-4-17(16)11-26-14-22-13-25-26/h1-8,10,12-14H,9,11H2,(H,23,28). The van der Waals surface area contributed by atoms with Gasteiger partial charge in [-0.3, -0.25) is 4.79 Å². The molecule has 1 N–H and O–H groups in total. The van der Waals surface area contributed by atoms with Gasteiger partial charge in [-0.15, -0.1) is 0 Å². The summed E-state index contributed by atoms with van der Waals surface area (Å²) < 4.78 is 4.40. The second kappa shape index (κ2) is 8.18. The first-order valence-electron chi connectivity index (χ1n) is 8.67. The number of amides is 1. The van der Waals surface area contributed by atoms with Gasteiger partial charge in [-0.1, -0.05) is 24.3 Å². The number of halogens is 1. The lowest BCUT2D eigenvalue weighted by Gasteiger charge is -2.11. The Morgan fingerprint density at radius 2 is 1.82 bits per heavy atom. The van der Waals surface area contributed by atoms with Crippen LogP contribution in [0.3, 0.4) is 0 Å². The highest BCUT2D eigenvalue weighted by atomic mass is 79.9. The lowest BCUT2D eigenvalue weighted by atomic mass is 10.1. The number of aromatic nitrogens is 5. The Labute approximate surface area is 170 Å². The first kappa shape index (κ1) is 18.1. The molecule has 2 heterocycles. The van der Waals surface area contributed by atoms with Crippen molar-refractivity contribution in [2.45, 2.75) is 13.1 Å². The molecule has 0 atom stereocenters. The third-order valence-electron chi connectivity index (χ3n) is 4.30. The van der Waals surface area contributed by atoms with Gasteiger partial charge < -0.3 is 5.32 Å². The van der Waals surface area contributed by atoms with E-state index in [9.17, 15) is 4.79 Å². The molecule has 2 aromatic heterocycles. The van der Waals surface area contributed by atoms with Gasteiger partial charge in [-0.25, -0.2) is 14.3 Å². The Hall–Kier alpha value is -3.26. The van der Waals surface area contributed by atoms with Crippen molar-refractivity contribution >= 4 is 21.8 Å². The molecule has 4 rings (SSSR count). The lowest BCUT2D eigenvalue weighted by molar-refractivity contribution is 0.0951. The minimum Gasteiger partial charge on any atom is -0.348 e. The summed E-state index contributed by atoms with van der Waals surface area (Å²) in [5.74, 6) is -0.122. The van der Waals surface area contributed by atoms with Crippen LogP contribution in [0.25, 0.3) is 5.69 Å². The SMILES string of the molecule is O=C(NCc1ccccc1Cn1cncn1)c1ccc(-n2cc(Br)cn2)cc1. The van der Waals surface area contributed by atoms with Gasteiger partial charge in [-0.05, 0) is 51.3 Å². The first-order valence-corrected chi connectivity index (χ1v) is 9.46. The van der Waals surface area contributed by atoms with Crippen LogP contribution >= 0.6 is 15.9 Å². The Morgan fingerprint density at radius 1 is 1.04 bits per heavy atom. The zero-order valence-corrected chi connectivity index (χ0v) is 16.5. The van der Waals surface area contributed by atoms with Crippen molar-refractivity contribution in [1.82, 2.24) is 29.9 Å². The maximum absolute atomic E-state index is 12.5. The number of benzene rings is 2. The third-order valence-corrected chi connectivity index (χ3v) is 4.71.